The Kier molecular flexibility index (Phi) is 32.4. The van der Waals surface area contributed by atoms with Crippen molar-refractivity contribution in [2.24, 2.45) is 61.0 Å². The van der Waals surface area contributed by atoms with Gasteiger partial charge in [0.05, 0.1) is 90.0 Å². The van der Waals surface area contributed by atoms with Gasteiger partial charge in [0.1, 0.15) is 27.8 Å². The topological polar surface area (TPSA) is 339 Å². The van der Waals surface area contributed by atoms with E-state index in [-0.39, 0.29) is 78.3 Å². The van der Waals surface area contributed by atoms with Gasteiger partial charge in [-0.05, 0) is 39.0 Å². The second-order valence-corrected chi connectivity index (χ2v) is 38.0. The highest BCUT2D eigenvalue weighted by Gasteiger charge is 2.68. The molecule has 0 bridgehead atoms. The van der Waals surface area contributed by atoms with Crippen LogP contribution >= 0.6 is 59.3 Å². The van der Waals surface area contributed by atoms with Crippen LogP contribution in [0.5, 0.6) is 0 Å². The molecular formula is C86H73F25N10O14S5. The first kappa shape index (κ1) is 108. The molecule has 5 fully saturated rings. The Balaban J connectivity index is 0.000000157. The minimum atomic E-state index is -4.87. The van der Waals surface area contributed by atoms with E-state index in [1.54, 1.807) is 81.4 Å². The van der Waals surface area contributed by atoms with Gasteiger partial charge < -0.3 is 50.3 Å². The zero-order valence-corrected chi connectivity index (χ0v) is 75.7. The molecule has 9 heterocycles. The fourth-order valence-corrected chi connectivity index (χ4v) is 22.1. The third kappa shape index (κ3) is 22.8. The third-order valence-corrected chi connectivity index (χ3v) is 27.6. The van der Waals surface area contributed by atoms with E-state index in [9.17, 15) is 149 Å². The number of aliphatic imine (C=N–C) groups is 4. The lowest BCUT2D eigenvalue weighted by Crippen LogP contribution is -2.55. The van der Waals surface area contributed by atoms with Crippen molar-refractivity contribution in [3.8, 4) is 0 Å². The maximum absolute atomic E-state index is 14.8. The van der Waals surface area contributed by atoms with Gasteiger partial charge in [-0.1, -0.05) is 145 Å². The van der Waals surface area contributed by atoms with Gasteiger partial charge in [-0.3, -0.25) is 40.1 Å². The largest absolute Gasteiger partial charge is 0.444 e. The number of alkyl carbamates (subject to hydrolysis) is 1. The number of ether oxygens (including phenoxy) is 6. The van der Waals surface area contributed by atoms with E-state index in [0.29, 0.717) is 35.4 Å². The molecule has 756 valence electrons. The number of nitrogens with zero attached hydrogens (tertiary/aromatic N) is 6. The lowest BCUT2D eigenvalue weighted by Gasteiger charge is -2.37. The summed E-state index contributed by atoms with van der Waals surface area (Å²) in [6.45, 7) is 0.347. The van der Waals surface area contributed by atoms with Crippen LogP contribution in [0, 0.1) is 108 Å². The van der Waals surface area contributed by atoms with E-state index >= 15 is 0 Å². The first-order valence-electron chi connectivity index (χ1n) is 40.8. The number of aliphatic hydroxyl groups excluding tert-OH is 1. The van der Waals surface area contributed by atoms with E-state index in [0.717, 1.165) is 77.4 Å². The number of rotatable bonds is 15. The van der Waals surface area contributed by atoms with Gasteiger partial charge in [0.2, 0.25) is 0 Å². The summed E-state index contributed by atoms with van der Waals surface area (Å²) < 4.78 is 372. The van der Waals surface area contributed by atoms with Crippen LogP contribution in [0.4, 0.5) is 126 Å². The molecule has 54 heteroatoms. The summed E-state index contributed by atoms with van der Waals surface area (Å²) in [6.07, 6.45) is -36.6. The van der Waals surface area contributed by atoms with Crippen molar-refractivity contribution >= 4 is 114 Å². The Morgan fingerprint density at radius 1 is 0.450 bits per heavy atom. The number of ketones is 2. The lowest BCUT2D eigenvalue weighted by atomic mass is 9.77. The molecule has 15 atom stereocenters. The molecule has 0 aromatic heterocycles. The molecule has 7 aromatic rings. The normalized spacial score (nSPS) is 26.9. The molecule has 9 aliphatic rings. The zero-order chi connectivity index (χ0) is 103. The molecule has 7 N–H and O–H groups in total. The van der Waals surface area contributed by atoms with E-state index in [1.165, 1.54) is 24.3 Å². The minimum Gasteiger partial charge on any atom is -0.444 e. The first-order chi connectivity index (χ1) is 65.3. The highest BCUT2D eigenvalue weighted by Crippen LogP contribution is 2.58. The van der Waals surface area contributed by atoms with Crippen LogP contribution in [-0.4, -0.2) is 188 Å². The molecule has 9 aliphatic heterocycles. The van der Waals surface area contributed by atoms with Crippen molar-refractivity contribution in [1.82, 2.24) is 10.6 Å². The number of Topliss-reactive ketones (excluding diaryl/α,β-unsaturated/α-hetero) is 2. The van der Waals surface area contributed by atoms with Gasteiger partial charge in [-0.25, -0.2) is 63.7 Å². The second kappa shape index (κ2) is 41.8. The molecule has 0 saturated carbocycles. The van der Waals surface area contributed by atoms with Crippen molar-refractivity contribution < 1.29 is 168 Å². The van der Waals surface area contributed by atoms with Crippen molar-refractivity contribution in [3.63, 3.8) is 0 Å². The van der Waals surface area contributed by atoms with Crippen LogP contribution in [0.1, 0.15) is 82.1 Å². The quantitative estimate of drug-likeness (QED) is 0.0209. The van der Waals surface area contributed by atoms with Crippen LogP contribution in [0.25, 0.3) is 0 Å². The van der Waals surface area contributed by atoms with Crippen molar-refractivity contribution in [2.75, 3.05) is 62.7 Å². The van der Waals surface area contributed by atoms with Gasteiger partial charge in [0.15, 0.2) is 116 Å². The number of thioether (sulfide) groups is 4. The Hall–Kier alpha value is -10.5. The highest BCUT2D eigenvalue weighted by molar-refractivity contribution is 8.14. The molecule has 0 spiro atoms. The average molecular weight is 2110 g/mol. The summed E-state index contributed by atoms with van der Waals surface area (Å²) in [5, 5.41) is 36.7. The Bertz CT molecular complexity index is 6000. The van der Waals surface area contributed by atoms with Crippen LogP contribution in [0.2, 0.25) is 0 Å². The summed E-state index contributed by atoms with van der Waals surface area (Å²) in [7, 11) is 0. The SMILES string of the molecule is CC(C)(C)OC(=O)NC1=N[C@@]2(c3cc([N+](=O)[O-])cc(F)c3F)CO[C@H](C(F)(F)F)[C@H]2CS1.NC1=N[C@@]2(c3cc([N+](=O)[O-])cc(F)c3F)CO[C@H](C(F)(F)F)[C@H]2CS1.NC1=N[C@@]2(c3cccc(F)c3F)CO[C@H](C(F)(F)F)[C@H]2CS1.O=C(CC(=S)N[C@@]1(c2cccc(F)c2F)CO[C@H](C(F)(F)F)[C@H]1CO)c1ccccc1.O=C(CC1=N[C@@]2(c3cccc(F)c3F)CO[C@H](C(F)(F)F)[C@H]2CS1)c1ccccc1. The highest BCUT2D eigenvalue weighted by atomic mass is 32.2. The average Bonchev–Trinajstić information content (AvgIpc) is 1.57. The second-order valence-electron chi connectivity index (χ2n) is 33.3. The molecule has 7 aromatic carbocycles. The number of hydrogen-bond acceptors (Lipinski definition) is 25. The molecule has 0 unspecified atom stereocenters. The van der Waals surface area contributed by atoms with Gasteiger partial charge in [0, 0.05) is 104 Å². The molecule has 16 rings (SSSR count). The molecular weight excluding hydrogens is 2030 g/mol. The maximum Gasteiger partial charge on any atom is 0.415 e. The summed E-state index contributed by atoms with van der Waals surface area (Å²) in [5.41, 5.74) is -2.62. The number of nitro groups is 2. The number of benzene rings is 7. The van der Waals surface area contributed by atoms with Gasteiger partial charge >= 0.3 is 37.0 Å². The standard InChI is InChI=1S/C21H18F5NO3S.C21H16F5NO2S.C18H18F5N3O5S.C13H10F5N3O3S.C13H11F5N2OS/c22-15-8-4-7-13(18(15)23)20(11-30-19(14(20)10-28)21(24,25)26)27-17(31)9-16(29)12-5-2-1-3-6-12;22-15-8-4-7-13(18(15)23)20-11-29-19(21(24,25)26)14(20)10-30-17(27-20)9-16(28)12-5-2-1-3-6-12;1-16(2,3)31-15(27)24-14-25-17(7-30-13(18(21,22)23)10(17)6-32-14)9-4-8(26(28)29)5-11(19)12(9)20;14-8-2-5(21(22)23)1-6(9(8)15)12-4-24-10(13(16,17)18)7(12)3-25-11(19)20-12;14-8-3-1-2-6(9(8)15)12-5-21-10(13(16,17)18)7(12)4-22-11(19)20-12/h1-8,14,19,28H,9-11H2,(H,27,31);1-8,14,19H,9-11H2;4-5,10,13H,6-7H2,1-3H3,(H,24,25,27);1-2,7,10H,3-4H2,(H2,19,20);1-3,7,10H,4-5H2,(H2,19,20)/t2*14-,19+,20-;10-,13+,17-;2*7-,10+,12-/m11111/s1. The number of amides is 1. The van der Waals surface area contributed by atoms with Crippen LogP contribution < -0.4 is 22.1 Å². The number of carbonyl (C=O) groups is 3. The number of alkyl halides is 15. The zero-order valence-electron chi connectivity index (χ0n) is 71.6. The van der Waals surface area contributed by atoms with E-state index < -0.39 is 272 Å². The minimum absolute atomic E-state index is 0.0323. The monoisotopic (exact) mass is 2100 g/mol. The fourth-order valence-electron chi connectivity index (χ4n) is 17.2. The van der Waals surface area contributed by atoms with Gasteiger partial charge in [-0.15, -0.1) is 11.8 Å². The summed E-state index contributed by atoms with van der Waals surface area (Å²) in [5.74, 6) is -22.2. The predicted molar refractivity (Wildman–Crippen MR) is 461 cm³/mol. The fraction of sp³-hybridized carbons (Fsp3) is 0.419. The van der Waals surface area contributed by atoms with Crippen molar-refractivity contribution in [3.05, 3.63) is 257 Å². The Morgan fingerprint density at radius 3 is 1.18 bits per heavy atom. The summed E-state index contributed by atoms with van der Waals surface area (Å²) in [4.78, 5) is 73.4. The molecule has 1 amide bonds. The number of nitrogens with two attached hydrogens (primary N) is 2. The number of thiocarbonyl (C=S) groups is 1. The molecule has 0 aliphatic carbocycles. The van der Waals surface area contributed by atoms with Crippen LogP contribution in [-0.2, 0) is 56.1 Å². The van der Waals surface area contributed by atoms with Gasteiger partial charge in [-0.2, -0.15) is 65.9 Å². The van der Waals surface area contributed by atoms with Crippen LogP contribution in [0.3, 0.4) is 0 Å². The predicted octanol–water partition coefficient (Wildman–Crippen LogP) is 18.9. The smallest absolute Gasteiger partial charge is 0.415 e. The van der Waals surface area contributed by atoms with Crippen LogP contribution in [0.15, 0.2) is 159 Å². The van der Waals surface area contributed by atoms with Crippen molar-refractivity contribution in [2.45, 2.75) is 128 Å². The number of amidine groups is 3. The third-order valence-electron chi connectivity index (χ3n) is 23.5. The van der Waals surface area contributed by atoms with Gasteiger partial charge in [0.25, 0.3) is 11.4 Å². The number of hydrogen-bond donors (Lipinski definition) is 5. The summed E-state index contributed by atoms with van der Waals surface area (Å²) >= 11 is 8.71. The first-order valence-corrected chi connectivity index (χ1v) is 45.1. The number of fused-ring (bicyclic) bond motifs is 4. The Morgan fingerprint density at radius 2 is 0.793 bits per heavy atom. The summed E-state index contributed by atoms with van der Waals surface area (Å²) in [6, 6.07) is 28.2. The number of halogens is 25. The van der Waals surface area contributed by atoms with E-state index in [1.807, 2.05) is 0 Å². The van der Waals surface area contributed by atoms with E-state index in [2.05, 4.69) is 30.6 Å². The Labute approximate surface area is 796 Å². The van der Waals surface area contributed by atoms with E-state index in [4.69, 9.17) is 52.1 Å². The molecule has 5 saturated heterocycles. The number of carbonyl (C=O) groups excluding carboxylic acids is 3. The lowest BCUT2D eigenvalue weighted by molar-refractivity contribution is -0.385. The maximum atomic E-state index is 14.8. The molecule has 140 heavy (non-hydrogen) atoms. The number of non-ortho nitro benzene ring substituents is 2. The number of nitrogens with one attached hydrogen (secondary N) is 2. The molecule has 24 nitrogen and oxygen atoms in total. The molecule has 0 radical (unpaired) electrons. The van der Waals surface area contributed by atoms with Crippen molar-refractivity contribution in [1.29, 1.82) is 0 Å². The number of nitro benzene ring substituents is 2. The number of aliphatic hydroxyl groups is 1.